The van der Waals surface area contributed by atoms with Gasteiger partial charge in [0.15, 0.2) is 0 Å². The van der Waals surface area contributed by atoms with Gasteiger partial charge >= 0.3 is 0 Å². The topological polar surface area (TPSA) is 23.9 Å². The van der Waals surface area contributed by atoms with Crippen LogP contribution in [0, 0.1) is 12.3 Å². The number of hydrogen-bond donors (Lipinski definition) is 1. The molecule has 25 heavy (non-hydrogen) atoms. The molecule has 0 amide bonds. The van der Waals surface area contributed by atoms with Crippen LogP contribution in [0.3, 0.4) is 0 Å². The lowest BCUT2D eigenvalue weighted by Gasteiger charge is -2.23. The third-order valence-corrected chi connectivity index (χ3v) is 5.76. The van der Waals surface area contributed by atoms with Crippen molar-refractivity contribution in [3.8, 4) is 11.1 Å². The first-order chi connectivity index (χ1) is 12.1. The largest absolute Gasteiger partial charge is 0.312 e. The van der Waals surface area contributed by atoms with Gasteiger partial charge in [-0.1, -0.05) is 72.3 Å². The van der Waals surface area contributed by atoms with Crippen molar-refractivity contribution < 1.29 is 0 Å². The normalized spacial score (nSPS) is 18.3. The minimum absolute atomic E-state index is 0.372. The summed E-state index contributed by atoms with van der Waals surface area (Å²) in [6.45, 7) is 4.31. The van der Waals surface area contributed by atoms with E-state index in [9.17, 15) is 0 Å². The number of fused-ring (bicyclic) bond motifs is 7. The standard InChI is InChI=1S/C24H19N/c1-15-7-8-16-9-10-19-17(21(16)13-15)11-12-20-18-5-3-4-6-22(18)24(2,14-25)23(19)20/h3-14,25H,1-2H3. The zero-order valence-corrected chi connectivity index (χ0v) is 14.4. The Morgan fingerprint density at radius 1 is 0.800 bits per heavy atom. The lowest BCUT2D eigenvalue weighted by atomic mass is 9.79. The van der Waals surface area contributed by atoms with E-state index in [1.807, 2.05) is 0 Å². The van der Waals surface area contributed by atoms with E-state index in [4.69, 9.17) is 5.41 Å². The molecule has 0 aromatic heterocycles. The van der Waals surface area contributed by atoms with Crippen LogP contribution < -0.4 is 0 Å². The summed E-state index contributed by atoms with van der Waals surface area (Å²) < 4.78 is 0. The SMILES string of the molecule is Cc1ccc2ccc3c4c(ccc3c2c1)-c1ccccc1C4(C)C=N. The molecule has 4 aromatic rings. The van der Waals surface area contributed by atoms with Crippen molar-refractivity contribution in [3.63, 3.8) is 0 Å². The van der Waals surface area contributed by atoms with Crippen molar-refractivity contribution in [2.24, 2.45) is 0 Å². The van der Waals surface area contributed by atoms with Crippen LogP contribution in [0.2, 0.25) is 0 Å². The summed E-state index contributed by atoms with van der Waals surface area (Å²) in [5, 5.41) is 13.3. The molecule has 1 heteroatoms. The maximum Gasteiger partial charge on any atom is 0.0537 e. The zero-order valence-electron chi connectivity index (χ0n) is 14.4. The molecule has 1 nitrogen and oxygen atoms in total. The van der Waals surface area contributed by atoms with Crippen LogP contribution >= 0.6 is 0 Å². The van der Waals surface area contributed by atoms with Gasteiger partial charge in [-0.25, -0.2) is 0 Å². The molecule has 1 aliphatic rings. The highest BCUT2D eigenvalue weighted by Crippen LogP contribution is 2.51. The van der Waals surface area contributed by atoms with Gasteiger partial charge in [-0.05, 0) is 57.6 Å². The Morgan fingerprint density at radius 3 is 2.40 bits per heavy atom. The molecule has 0 saturated heterocycles. The summed E-state index contributed by atoms with van der Waals surface area (Å²) >= 11 is 0. The highest BCUT2D eigenvalue weighted by molar-refractivity contribution is 6.13. The minimum atomic E-state index is -0.372. The van der Waals surface area contributed by atoms with Crippen LogP contribution in [0.25, 0.3) is 32.7 Å². The maximum atomic E-state index is 8.21. The number of aryl methyl sites for hydroxylation is 1. The quantitative estimate of drug-likeness (QED) is 0.317. The van der Waals surface area contributed by atoms with Crippen molar-refractivity contribution in [3.05, 3.63) is 83.4 Å². The Hall–Kier alpha value is -2.93. The summed E-state index contributed by atoms with van der Waals surface area (Å²) in [6.07, 6.45) is 1.61. The highest BCUT2D eigenvalue weighted by atomic mass is 14.5. The molecule has 0 bridgehead atoms. The van der Waals surface area contributed by atoms with Gasteiger partial charge in [0, 0.05) is 6.21 Å². The fourth-order valence-corrected chi connectivity index (χ4v) is 4.49. The third-order valence-electron chi connectivity index (χ3n) is 5.76. The Bertz CT molecular complexity index is 1190. The van der Waals surface area contributed by atoms with Crippen LogP contribution in [0.5, 0.6) is 0 Å². The van der Waals surface area contributed by atoms with E-state index in [0.29, 0.717) is 0 Å². The highest BCUT2D eigenvalue weighted by Gasteiger charge is 2.38. The van der Waals surface area contributed by atoms with Crippen LogP contribution in [-0.4, -0.2) is 6.21 Å². The second-order valence-corrected chi connectivity index (χ2v) is 7.27. The third kappa shape index (κ3) is 1.76. The molecule has 4 aromatic carbocycles. The van der Waals surface area contributed by atoms with Gasteiger partial charge in [0.2, 0.25) is 0 Å². The van der Waals surface area contributed by atoms with Gasteiger partial charge < -0.3 is 5.41 Å². The van der Waals surface area contributed by atoms with Gasteiger partial charge in [0.25, 0.3) is 0 Å². The Labute approximate surface area is 147 Å². The van der Waals surface area contributed by atoms with E-state index in [0.717, 1.165) is 0 Å². The van der Waals surface area contributed by atoms with Gasteiger partial charge in [0.05, 0.1) is 5.41 Å². The summed E-state index contributed by atoms with van der Waals surface area (Å²) in [6, 6.07) is 24.1. The molecule has 0 heterocycles. The maximum absolute atomic E-state index is 8.21. The van der Waals surface area contributed by atoms with E-state index in [1.165, 1.54) is 49.4 Å². The van der Waals surface area contributed by atoms with Crippen molar-refractivity contribution in [1.29, 1.82) is 5.41 Å². The molecule has 0 radical (unpaired) electrons. The van der Waals surface area contributed by atoms with E-state index < -0.39 is 0 Å². The van der Waals surface area contributed by atoms with Crippen molar-refractivity contribution in [2.45, 2.75) is 19.3 Å². The monoisotopic (exact) mass is 321 g/mol. The predicted octanol–water partition coefficient (Wildman–Crippen LogP) is 6.24. The predicted molar refractivity (Wildman–Crippen MR) is 107 cm³/mol. The smallest absolute Gasteiger partial charge is 0.0537 e. The molecular formula is C24H19N. The molecule has 0 aliphatic heterocycles. The first-order valence-electron chi connectivity index (χ1n) is 8.71. The van der Waals surface area contributed by atoms with E-state index in [-0.39, 0.29) is 5.41 Å². The lowest BCUT2D eigenvalue weighted by molar-refractivity contribution is 0.820. The van der Waals surface area contributed by atoms with E-state index >= 15 is 0 Å². The van der Waals surface area contributed by atoms with Crippen molar-refractivity contribution in [2.75, 3.05) is 0 Å². The molecule has 1 N–H and O–H groups in total. The number of nitrogens with one attached hydrogen (secondary N) is 1. The summed E-state index contributed by atoms with van der Waals surface area (Å²) in [5.41, 5.74) is 5.93. The molecule has 1 aliphatic carbocycles. The van der Waals surface area contributed by atoms with E-state index in [1.54, 1.807) is 6.21 Å². The molecule has 1 atom stereocenters. The number of benzene rings is 4. The first kappa shape index (κ1) is 14.4. The molecule has 0 fully saturated rings. The van der Waals surface area contributed by atoms with Gasteiger partial charge in [-0.15, -0.1) is 0 Å². The Morgan fingerprint density at radius 2 is 1.56 bits per heavy atom. The van der Waals surface area contributed by atoms with Gasteiger partial charge in [-0.2, -0.15) is 0 Å². The molecular weight excluding hydrogens is 302 g/mol. The molecule has 5 rings (SSSR count). The van der Waals surface area contributed by atoms with Crippen LogP contribution in [0.4, 0.5) is 0 Å². The van der Waals surface area contributed by atoms with Crippen LogP contribution in [0.15, 0.2) is 66.7 Å². The van der Waals surface area contributed by atoms with Crippen molar-refractivity contribution in [1.82, 2.24) is 0 Å². The fourth-order valence-electron chi connectivity index (χ4n) is 4.49. The summed E-state index contributed by atoms with van der Waals surface area (Å²) in [4.78, 5) is 0. The zero-order chi connectivity index (χ0) is 17.2. The number of hydrogen-bond acceptors (Lipinski definition) is 1. The Balaban J connectivity index is 1.98. The van der Waals surface area contributed by atoms with Crippen LogP contribution in [0.1, 0.15) is 23.6 Å². The summed E-state index contributed by atoms with van der Waals surface area (Å²) in [7, 11) is 0. The second-order valence-electron chi connectivity index (χ2n) is 7.27. The average Bonchev–Trinajstić information content (AvgIpc) is 2.91. The molecule has 0 spiro atoms. The number of rotatable bonds is 1. The lowest BCUT2D eigenvalue weighted by Crippen LogP contribution is -2.22. The minimum Gasteiger partial charge on any atom is -0.312 e. The first-order valence-corrected chi connectivity index (χ1v) is 8.71. The van der Waals surface area contributed by atoms with Crippen LogP contribution in [-0.2, 0) is 5.41 Å². The molecule has 120 valence electrons. The Kier molecular flexibility index (Phi) is 2.77. The van der Waals surface area contributed by atoms with Crippen molar-refractivity contribution >= 4 is 27.8 Å². The van der Waals surface area contributed by atoms with Gasteiger partial charge in [-0.3, -0.25) is 0 Å². The molecule has 0 saturated carbocycles. The fraction of sp³-hybridized carbons (Fsp3) is 0.125. The summed E-state index contributed by atoms with van der Waals surface area (Å²) in [5.74, 6) is 0. The van der Waals surface area contributed by atoms with Gasteiger partial charge in [0.1, 0.15) is 0 Å². The van der Waals surface area contributed by atoms with E-state index in [2.05, 4.69) is 80.6 Å². The molecule has 1 unspecified atom stereocenters. The second kappa shape index (κ2) is 4.80. The average molecular weight is 321 g/mol.